The zero-order chi connectivity index (χ0) is 5.54. The monoisotopic (exact) mass is 113 g/mol. The molecule has 0 aliphatic rings. The number of nitrogens with zero attached hydrogens (tertiary/aromatic N) is 1. The normalized spacial score (nSPS) is 9.14. The molecule has 0 amide bonds. The van der Waals surface area contributed by atoms with Crippen molar-refractivity contribution in [3.63, 3.8) is 0 Å². The Hall–Kier alpha value is -0.420. The number of hydrogen-bond donors (Lipinski definition) is 0. The second-order valence-electron chi connectivity index (χ2n) is 0.987. The van der Waals surface area contributed by atoms with Gasteiger partial charge in [0, 0.05) is 11.8 Å². The first-order chi connectivity index (χ1) is 3.41. The summed E-state index contributed by atoms with van der Waals surface area (Å²) in [4.78, 5) is 0. The maximum absolute atomic E-state index is 7.95. The van der Waals surface area contributed by atoms with Gasteiger partial charge in [0.25, 0.3) is 0 Å². The molecule has 0 saturated heterocycles. The van der Waals surface area contributed by atoms with Crippen molar-refractivity contribution in [2.24, 2.45) is 0 Å². The van der Waals surface area contributed by atoms with Crippen LogP contribution in [0.3, 0.4) is 0 Å². The lowest BCUT2D eigenvalue weighted by atomic mass is 10.6. The van der Waals surface area contributed by atoms with Gasteiger partial charge in [0.2, 0.25) is 0 Å². The lowest BCUT2D eigenvalue weighted by molar-refractivity contribution is 1.53. The topological polar surface area (TPSA) is 23.8 Å². The quantitative estimate of drug-likeness (QED) is 0.506. The number of rotatable bonds is 2. The first-order valence-electron chi connectivity index (χ1n) is 1.95. The van der Waals surface area contributed by atoms with Crippen molar-refractivity contribution in [2.45, 2.75) is 0 Å². The molecule has 0 aromatic carbocycles. The van der Waals surface area contributed by atoms with E-state index in [-0.39, 0.29) is 0 Å². The van der Waals surface area contributed by atoms with Crippen molar-refractivity contribution >= 4 is 11.8 Å². The molecule has 0 atom stereocenters. The maximum atomic E-state index is 7.95. The first-order valence-corrected chi connectivity index (χ1v) is 3.34. The average molecular weight is 113 g/mol. The van der Waals surface area contributed by atoms with Gasteiger partial charge in [-0.05, 0) is 6.26 Å². The molecular weight excluding hydrogens is 106 g/mol. The predicted molar refractivity (Wildman–Crippen MR) is 33.1 cm³/mol. The summed E-state index contributed by atoms with van der Waals surface area (Å²) in [6, 6.07) is 1.91. The Labute approximate surface area is 48.0 Å². The molecule has 0 rings (SSSR count). The standard InChI is InChI=1S/C5H7NS/c1-7-5-3-2-4-6/h2-3H,5H2,1H3/b3-2-. The molecule has 0 aromatic rings. The Balaban J connectivity index is 2.97. The third-order valence-electron chi connectivity index (χ3n) is 0.455. The highest BCUT2D eigenvalue weighted by Crippen LogP contribution is 1.89. The van der Waals surface area contributed by atoms with E-state index in [2.05, 4.69) is 0 Å². The van der Waals surface area contributed by atoms with Crippen LogP contribution in [0.1, 0.15) is 0 Å². The van der Waals surface area contributed by atoms with Crippen molar-refractivity contribution in [1.29, 1.82) is 5.26 Å². The molecular formula is C5H7NS. The zero-order valence-electron chi connectivity index (χ0n) is 4.22. The third kappa shape index (κ3) is 5.58. The Kier molecular flexibility index (Phi) is 5.25. The summed E-state index contributed by atoms with van der Waals surface area (Å²) in [5.41, 5.74) is 0. The summed E-state index contributed by atoms with van der Waals surface area (Å²) in [5.74, 6) is 0.938. The number of hydrogen-bond acceptors (Lipinski definition) is 2. The highest BCUT2D eigenvalue weighted by molar-refractivity contribution is 7.98. The molecule has 0 aliphatic carbocycles. The molecule has 0 saturated carbocycles. The van der Waals surface area contributed by atoms with Crippen LogP contribution in [-0.2, 0) is 0 Å². The molecule has 0 unspecified atom stereocenters. The van der Waals surface area contributed by atoms with E-state index in [0.717, 1.165) is 5.75 Å². The summed E-state index contributed by atoms with van der Waals surface area (Å²) in [6.07, 6.45) is 5.34. The van der Waals surface area contributed by atoms with Crippen LogP contribution in [0, 0.1) is 11.3 Å². The Morgan fingerprint density at radius 2 is 2.57 bits per heavy atom. The minimum absolute atomic E-state index is 0.938. The summed E-state index contributed by atoms with van der Waals surface area (Å²) in [7, 11) is 0. The molecule has 1 nitrogen and oxygen atoms in total. The van der Waals surface area contributed by atoms with Crippen LogP contribution in [0.15, 0.2) is 12.2 Å². The van der Waals surface area contributed by atoms with Gasteiger partial charge in [-0.2, -0.15) is 17.0 Å². The fourth-order valence-corrected chi connectivity index (χ4v) is 0.486. The third-order valence-corrected chi connectivity index (χ3v) is 0.981. The summed E-state index contributed by atoms with van der Waals surface area (Å²) >= 11 is 1.70. The molecule has 0 radical (unpaired) electrons. The highest BCUT2D eigenvalue weighted by Gasteiger charge is 1.67. The van der Waals surface area contributed by atoms with Crippen molar-refractivity contribution < 1.29 is 0 Å². The van der Waals surface area contributed by atoms with Crippen molar-refractivity contribution in [3.8, 4) is 6.07 Å². The Bertz CT molecular complexity index is 90.7. The van der Waals surface area contributed by atoms with E-state index in [1.165, 1.54) is 6.08 Å². The Morgan fingerprint density at radius 1 is 1.86 bits per heavy atom. The fraction of sp³-hybridized carbons (Fsp3) is 0.400. The lowest BCUT2D eigenvalue weighted by Gasteiger charge is -1.76. The number of thioether (sulfide) groups is 1. The van der Waals surface area contributed by atoms with Gasteiger partial charge in [0.15, 0.2) is 0 Å². The van der Waals surface area contributed by atoms with Crippen LogP contribution in [-0.4, -0.2) is 12.0 Å². The maximum Gasteiger partial charge on any atom is 0.0908 e. The smallest absolute Gasteiger partial charge is 0.0908 e. The first kappa shape index (κ1) is 6.58. The van der Waals surface area contributed by atoms with Crippen LogP contribution in [0.5, 0.6) is 0 Å². The minimum Gasteiger partial charge on any atom is -0.193 e. The fourth-order valence-electron chi connectivity index (χ4n) is 0.197. The van der Waals surface area contributed by atoms with E-state index in [4.69, 9.17) is 5.26 Å². The lowest BCUT2D eigenvalue weighted by Crippen LogP contribution is -1.61. The van der Waals surface area contributed by atoms with E-state index < -0.39 is 0 Å². The largest absolute Gasteiger partial charge is 0.193 e. The van der Waals surface area contributed by atoms with Crippen molar-refractivity contribution in [2.75, 3.05) is 12.0 Å². The van der Waals surface area contributed by atoms with E-state index in [0.29, 0.717) is 0 Å². The molecule has 0 aromatic heterocycles. The van der Waals surface area contributed by atoms with Crippen LogP contribution in [0.25, 0.3) is 0 Å². The molecule has 2 heteroatoms. The van der Waals surface area contributed by atoms with Gasteiger partial charge >= 0.3 is 0 Å². The minimum atomic E-state index is 0.938. The van der Waals surface area contributed by atoms with Crippen LogP contribution >= 0.6 is 11.8 Å². The zero-order valence-corrected chi connectivity index (χ0v) is 5.03. The molecule has 0 aliphatic heterocycles. The van der Waals surface area contributed by atoms with Gasteiger partial charge in [0.05, 0.1) is 6.07 Å². The second-order valence-corrected chi connectivity index (χ2v) is 1.90. The Morgan fingerprint density at radius 3 is 3.00 bits per heavy atom. The van der Waals surface area contributed by atoms with Gasteiger partial charge in [-0.1, -0.05) is 6.08 Å². The predicted octanol–water partition coefficient (Wildman–Crippen LogP) is 1.43. The second kappa shape index (κ2) is 5.58. The van der Waals surface area contributed by atoms with E-state index in [9.17, 15) is 0 Å². The SMILES string of the molecule is CSC/C=C\C#N. The molecule has 0 heterocycles. The van der Waals surface area contributed by atoms with E-state index in [1.54, 1.807) is 11.8 Å². The van der Waals surface area contributed by atoms with E-state index in [1.807, 2.05) is 18.4 Å². The summed E-state index contributed by atoms with van der Waals surface area (Å²) in [6.45, 7) is 0. The van der Waals surface area contributed by atoms with E-state index >= 15 is 0 Å². The summed E-state index contributed by atoms with van der Waals surface area (Å²) in [5, 5.41) is 7.95. The van der Waals surface area contributed by atoms with Gasteiger partial charge in [-0.25, -0.2) is 0 Å². The van der Waals surface area contributed by atoms with Gasteiger partial charge in [-0.15, -0.1) is 0 Å². The molecule has 38 valence electrons. The van der Waals surface area contributed by atoms with Gasteiger partial charge < -0.3 is 0 Å². The summed E-state index contributed by atoms with van der Waals surface area (Å²) < 4.78 is 0. The molecule has 0 fully saturated rings. The van der Waals surface area contributed by atoms with Crippen LogP contribution in [0.2, 0.25) is 0 Å². The number of nitriles is 1. The number of allylic oxidation sites excluding steroid dienone is 1. The molecule has 0 bridgehead atoms. The molecule has 7 heavy (non-hydrogen) atoms. The van der Waals surface area contributed by atoms with Gasteiger partial charge in [0.1, 0.15) is 0 Å². The highest BCUT2D eigenvalue weighted by atomic mass is 32.2. The van der Waals surface area contributed by atoms with Crippen LogP contribution < -0.4 is 0 Å². The van der Waals surface area contributed by atoms with Gasteiger partial charge in [-0.3, -0.25) is 0 Å². The van der Waals surface area contributed by atoms with Crippen LogP contribution in [0.4, 0.5) is 0 Å². The average Bonchev–Trinajstić information content (AvgIpc) is 1.69. The van der Waals surface area contributed by atoms with Crippen molar-refractivity contribution in [1.82, 2.24) is 0 Å². The van der Waals surface area contributed by atoms with Crippen molar-refractivity contribution in [3.05, 3.63) is 12.2 Å². The molecule has 0 spiro atoms. The molecule has 0 N–H and O–H groups in total.